The fourth-order valence-electron chi connectivity index (χ4n) is 1.69. The third-order valence-corrected chi connectivity index (χ3v) is 5.29. The summed E-state index contributed by atoms with van der Waals surface area (Å²) in [4.78, 5) is 0. The highest BCUT2D eigenvalue weighted by molar-refractivity contribution is 7.92. The van der Waals surface area contributed by atoms with Crippen molar-refractivity contribution in [3.8, 4) is 0 Å². The molecule has 2 aromatic carbocycles. The zero-order chi connectivity index (χ0) is 13.0. The van der Waals surface area contributed by atoms with Crippen LogP contribution >= 0.6 is 11.6 Å². The van der Waals surface area contributed by atoms with Gasteiger partial charge in [0.1, 0.15) is 0 Å². The van der Waals surface area contributed by atoms with Crippen LogP contribution in [0.2, 0.25) is 0 Å². The molecule has 94 valence electrons. The molecule has 4 heteroatoms. The van der Waals surface area contributed by atoms with Crippen LogP contribution < -0.4 is 0 Å². The maximum atomic E-state index is 12.2. The number of hydrogen-bond acceptors (Lipinski definition) is 2. The van der Waals surface area contributed by atoms with E-state index in [1.165, 1.54) is 0 Å². The second-order valence-electron chi connectivity index (χ2n) is 4.02. The zero-order valence-corrected chi connectivity index (χ0v) is 11.2. The molecule has 2 rings (SSSR count). The van der Waals surface area contributed by atoms with Crippen LogP contribution in [-0.4, -0.2) is 8.42 Å². The molecule has 0 aromatic heterocycles. The smallest absolute Gasteiger partial charge is 0.175 e. The molecule has 0 aliphatic rings. The number of alkyl halides is 1. The van der Waals surface area contributed by atoms with Crippen molar-refractivity contribution in [2.24, 2.45) is 0 Å². The second-order valence-corrected chi connectivity index (χ2v) is 6.80. The van der Waals surface area contributed by atoms with Crippen LogP contribution in [0.3, 0.4) is 0 Å². The lowest BCUT2D eigenvalue weighted by molar-refractivity contribution is 0.593. The largest absolute Gasteiger partial charge is 0.227 e. The monoisotopic (exact) mass is 280 g/mol. The molecular formula is C14H13ClO2S. The highest BCUT2D eigenvalue weighted by Gasteiger charge is 2.24. The number of hydrogen-bond donors (Lipinski definition) is 0. The van der Waals surface area contributed by atoms with E-state index in [4.69, 9.17) is 11.6 Å². The lowest BCUT2D eigenvalue weighted by Crippen LogP contribution is -2.10. The van der Waals surface area contributed by atoms with Gasteiger partial charge in [-0.3, -0.25) is 0 Å². The van der Waals surface area contributed by atoms with Gasteiger partial charge < -0.3 is 0 Å². The van der Waals surface area contributed by atoms with Crippen molar-refractivity contribution in [2.75, 3.05) is 0 Å². The van der Waals surface area contributed by atoms with Crippen molar-refractivity contribution in [1.29, 1.82) is 0 Å². The van der Waals surface area contributed by atoms with Gasteiger partial charge in [-0.25, -0.2) is 8.42 Å². The van der Waals surface area contributed by atoms with E-state index in [2.05, 4.69) is 0 Å². The zero-order valence-electron chi connectivity index (χ0n) is 9.66. The van der Waals surface area contributed by atoms with Crippen molar-refractivity contribution in [3.05, 3.63) is 71.8 Å². The molecule has 0 saturated carbocycles. The van der Waals surface area contributed by atoms with Crippen molar-refractivity contribution in [2.45, 2.75) is 10.5 Å². The summed E-state index contributed by atoms with van der Waals surface area (Å²) in [5, 5.41) is 0. The first-order valence-corrected chi connectivity index (χ1v) is 7.69. The summed E-state index contributed by atoms with van der Waals surface area (Å²) in [5.41, 5.74) is 1.36. The van der Waals surface area contributed by atoms with E-state index < -0.39 is 14.5 Å². The maximum Gasteiger partial charge on any atom is 0.175 e. The van der Waals surface area contributed by atoms with Gasteiger partial charge in [-0.2, -0.15) is 0 Å². The second kappa shape index (κ2) is 5.55. The van der Waals surface area contributed by atoms with E-state index in [1.807, 2.05) is 24.3 Å². The van der Waals surface area contributed by atoms with E-state index in [-0.39, 0.29) is 5.75 Å². The van der Waals surface area contributed by atoms with Gasteiger partial charge in [-0.1, -0.05) is 60.7 Å². The number of benzene rings is 2. The standard InChI is InChI=1S/C14H13ClO2S/c15-14(13-9-5-2-6-10-13)18(16,17)11-12-7-3-1-4-8-12/h1-10,14H,11H2/t14-/m0/s1. The first-order valence-electron chi connectivity index (χ1n) is 5.54. The van der Waals surface area contributed by atoms with E-state index in [9.17, 15) is 8.42 Å². The van der Waals surface area contributed by atoms with E-state index in [1.54, 1.807) is 36.4 Å². The molecule has 0 unspecified atom stereocenters. The first-order chi connectivity index (χ1) is 8.59. The molecule has 0 amide bonds. The molecule has 0 radical (unpaired) electrons. The minimum absolute atomic E-state index is 0.0447. The van der Waals surface area contributed by atoms with Crippen LogP contribution in [0.25, 0.3) is 0 Å². The Morgan fingerprint density at radius 2 is 1.39 bits per heavy atom. The summed E-state index contributed by atoms with van der Waals surface area (Å²) in [6.45, 7) is 0. The molecule has 1 atom stereocenters. The van der Waals surface area contributed by atoms with Gasteiger partial charge in [0.15, 0.2) is 14.5 Å². The Labute approximate surface area is 112 Å². The summed E-state index contributed by atoms with van der Waals surface area (Å²) in [6, 6.07) is 17.9. The third-order valence-electron chi connectivity index (χ3n) is 2.59. The van der Waals surface area contributed by atoms with Crippen molar-refractivity contribution >= 4 is 21.4 Å². The van der Waals surface area contributed by atoms with Crippen molar-refractivity contribution < 1.29 is 8.42 Å². The van der Waals surface area contributed by atoms with Crippen LogP contribution in [0.15, 0.2) is 60.7 Å². The predicted molar refractivity (Wildman–Crippen MR) is 74.1 cm³/mol. The molecule has 2 aromatic rings. The Morgan fingerprint density at radius 3 is 1.94 bits per heavy atom. The van der Waals surface area contributed by atoms with E-state index in [0.717, 1.165) is 5.56 Å². The topological polar surface area (TPSA) is 34.1 Å². The van der Waals surface area contributed by atoms with Crippen LogP contribution in [0.4, 0.5) is 0 Å². The number of sulfone groups is 1. The molecule has 0 aliphatic heterocycles. The van der Waals surface area contributed by atoms with Crippen LogP contribution in [0.5, 0.6) is 0 Å². The summed E-state index contributed by atoms with van der Waals surface area (Å²) in [7, 11) is -3.40. The van der Waals surface area contributed by atoms with Gasteiger partial charge >= 0.3 is 0 Å². The fourth-order valence-corrected chi connectivity index (χ4v) is 3.40. The Kier molecular flexibility index (Phi) is 4.04. The predicted octanol–water partition coefficient (Wildman–Crippen LogP) is 3.54. The molecule has 0 aliphatic carbocycles. The normalized spacial score (nSPS) is 13.2. The Bertz CT molecular complexity index is 594. The summed E-state index contributed by atoms with van der Waals surface area (Å²) < 4.78 is 23.3. The Balaban J connectivity index is 2.22. The fraction of sp³-hybridized carbons (Fsp3) is 0.143. The summed E-state index contributed by atoms with van der Waals surface area (Å²) in [6.07, 6.45) is 0. The average molecular weight is 281 g/mol. The number of rotatable bonds is 4. The maximum absolute atomic E-state index is 12.2. The van der Waals surface area contributed by atoms with Gasteiger partial charge in [-0.15, -0.1) is 11.6 Å². The van der Waals surface area contributed by atoms with Gasteiger partial charge in [0.05, 0.1) is 5.75 Å². The van der Waals surface area contributed by atoms with E-state index >= 15 is 0 Å². The Hall–Kier alpha value is -1.32. The highest BCUT2D eigenvalue weighted by Crippen LogP contribution is 2.29. The molecule has 2 nitrogen and oxygen atoms in total. The third kappa shape index (κ3) is 3.12. The molecule has 0 spiro atoms. The van der Waals surface area contributed by atoms with Gasteiger partial charge in [0, 0.05) is 0 Å². The molecule has 0 saturated heterocycles. The summed E-state index contributed by atoms with van der Waals surface area (Å²) >= 11 is 6.06. The van der Waals surface area contributed by atoms with E-state index in [0.29, 0.717) is 5.56 Å². The Morgan fingerprint density at radius 1 is 0.889 bits per heavy atom. The molecule has 18 heavy (non-hydrogen) atoms. The molecule has 0 bridgehead atoms. The minimum atomic E-state index is -3.40. The van der Waals surface area contributed by atoms with Crippen LogP contribution in [0, 0.1) is 0 Å². The van der Waals surface area contributed by atoms with Crippen LogP contribution in [0.1, 0.15) is 15.8 Å². The van der Waals surface area contributed by atoms with Crippen molar-refractivity contribution in [3.63, 3.8) is 0 Å². The molecule has 0 heterocycles. The quantitative estimate of drug-likeness (QED) is 0.803. The van der Waals surface area contributed by atoms with Gasteiger partial charge in [0.2, 0.25) is 0 Å². The lowest BCUT2D eigenvalue weighted by Gasteiger charge is -2.11. The molecule has 0 fully saturated rings. The molecule has 0 N–H and O–H groups in total. The SMILES string of the molecule is O=S(=O)(Cc1ccccc1)[C@H](Cl)c1ccccc1. The minimum Gasteiger partial charge on any atom is -0.227 e. The highest BCUT2D eigenvalue weighted by atomic mass is 35.5. The van der Waals surface area contributed by atoms with Gasteiger partial charge in [-0.05, 0) is 11.1 Å². The van der Waals surface area contributed by atoms with Crippen LogP contribution in [-0.2, 0) is 15.6 Å². The number of halogens is 1. The average Bonchev–Trinajstić information content (AvgIpc) is 2.39. The summed E-state index contributed by atoms with van der Waals surface area (Å²) in [5.74, 6) is -0.0447. The first kappa shape index (κ1) is 13.1. The lowest BCUT2D eigenvalue weighted by atomic mass is 10.2. The van der Waals surface area contributed by atoms with Crippen molar-refractivity contribution in [1.82, 2.24) is 0 Å². The molecular weight excluding hydrogens is 268 g/mol. The van der Waals surface area contributed by atoms with Gasteiger partial charge in [0.25, 0.3) is 0 Å².